The highest BCUT2D eigenvalue weighted by Crippen LogP contribution is 2.27. The molecule has 0 bridgehead atoms. The van der Waals surface area contributed by atoms with Crippen molar-refractivity contribution in [1.29, 1.82) is 0 Å². The smallest absolute Gasteiger partial charge is 0.275 e. The van der Waals surface area contributed by atoms with Crippen LogP contribution in [0, 0.1) is 17.0 Å². The number of hydrogen-bond acceptors (Lipinski definition) is 5. The van der Waals surface area contributed by atoms with Gasteiger partial charge in [-0.3, -0.25) is 10.1 Å². The Morgan fingerprint density at radius 2 is 2.15 bits per heavy atom. The fraction of sp³-hybridized carbons (Fsp3) is 0.214. The van der Waals surface area contributed by atoms with Gasteiger partial charge in [0.1, 0.15) is 10.8 Å². The van der Waals surface area contributed by atoms with Gasteiger partial charge in [0.15, 0.2) is 0 Å². The van der Waals surface area contributed by atoms with Crippen molar-refractivity contribution >= 4 is 23.3 Å². The van der Waals surface area contributed by atoms with Crippen molar-refractivity contribution in [1.82, 2.24) is 4.98 Å². The molecular formula is C14H15N3O2S. The summed E-state index contributed by atoms with van der Waals surface area (Å²) in [5.74, 6) is 1.24. The number of benzene rings is 1. The third-order valence-corrected chi connectivity index (χ3v) is 3.71. The van der Waals surface area contributed by atoms with Gasteiger partial charge in [-0.2, -0.15) is 0 Å². The van der Waals surface area contributed by atoms with E-state index in [-0.39, 0.29) is 5.69 Å². The zero-order chi connectivity index (χ0) is 14.5. The second kappa shape index (κ2) is 6.38. The molecular weight excluding hydrogens is 274 g/mol. The number of nitrogens with one attached hydrogen (secondary N) is 1. The van der Waals surface area contributed by atoms with Crippen LogP contribution in [0.2, 0.25) is 0 Å². The molecule has 0 fully saturated rings. The monoisotopic (exact) mass is 289 g/mol. The summed E-state index contributed by atoms with van der Waals surface area (Å²) >= 11 is 1.49. The SMILES string of the molecule is CNc1cc([N+](=O)[O-])cc(SCc2cccc(C)c2)n1. The molecule has 104 valence electrons. The Balaban J connectivity index is 2.16. The summed E-state index contributed by atoms with van der Waals surface area (Å²) in [6.07, 6.45) is 0. The van der Waals surface area contributed by atoms with E-state index < -0.39 is 4.92 Å². The number of hydrogen-bond donors (Lipinski definition) is 1. The number of aromatic nitrogens is 1. The van der Waals surface area contributed by atoms with Crippen LogP contribution >= 0.6 is 11.8 Å². The molecule has 0 radical (unpaired) electrons. The molecule has 2 aromatic rings. The summed E-state index contributed by atoms with van der Waals surface area (Å²) in [4.78, 5) is 14.8. The highest BCUT2D eigenvalue weighted by molar-refractivity contribution is 7.98. The maximum Gasteiger partial charge on any atom is 0.275 e. The van der Waals surface area contributed by atoms with E-state index in [1.165, 1.54) is 35.0 Å². The van der Waals surface area contributed by atoms with E-state index in [9.17, 15) is 10.1 Å². The highest BCUT2D eigenvalue weighted by Gasteiger charge is 2.11. The minimum atomic E-state index is -0.404. The molecule has 0 aliphatic carbocycles. The zero-order valence-corrected chi connectivity index (χ0v) is 12.1. The van der Waals surface area contributed by atoms with Crippen molar-refractivity contribution in [3.8, 4) is 0 Å². The topological polar surface area (TPSA) is 68.1 Å². The van der Waals surface area contributed by atoms with Crippen LogP contribution in [0.25, 0.3) is 0 Å². The molecule has 1 aromatic heterocycles. The van der Waals surface area contributed by atoms with Crippen LogP contribution in [-0.4, -0.2) is 17.0 Å². The summed E-state index contributed by atoms with van der Waals surface area (Å²) in [5.41, 5.74) is 2.43. The number of nitrogens with zero attached hydrogens (tertiary/aromatic N) is 2. The first-order chi connectivity index (χ1) is 9.58. The van der Waals surface area contributed by atoms with Gasteiger partial charge in [0, 0.05) is 18.9 Å². The molecule has 0 spiro atoms. The third-order valence-electron chi connectivity index (χ3n) is 2.72. The third kappa shape index (κ3) is 3.71. The van der Waals surface area contributed by atoms with Crippen molar-refractivity contribution in [3.63, 3.8) is 0 Å². The van der Waals surface area contributed by atoms with Crippen LogP contribution < -0.4 is 5.32 Å². The predicted octanol–water partition coefficient (Wildman–Crippen LogP) is 3.63. The van der Waals surface area contributed by atoms with Crippen molar-refractivity contribution in [2.45, 2.75) is 17.7 Å². The molecule has 1 aromatic carbocycles. The molecule has 5 nitrogen and oxygen atoms in total. The average Bonchev–Trinajstić information content (AvgIpc) is 2.45. The molecule has 0 saturated heterocycles. The summed E-state index contributed by atoms with van der Waals surface area (Å²) in [6, 6.07) is 11.1. The number of rotatable bonds is 5. The molecule has 2 rings (SSSR count). The Hall–Kier alpha value is -2.08. The lowest BCUT2D eigenvalue weighted by Crippen LogP contribution is -1.97. The van der Waals surface area contributed by atoms with E-state index in [0.29, 0.717) is 10.8 Å². The normalized spacial score (nSPS) is 10.3. The molecule has 6 heteroatoms. The van der Waals surface area contributed by atoms with E-state index in [1.807, 2.05) is 25.1 Å². The lowest BCUT2D eigenvalue weighted by atomic mass is 10.2. The van der Waals surface area contributed by atoms with E-state index >= 15 is 0 Å². The average molecular weight is 289 g/mol. The lowest BCUT2D eigenvalue weighted by molar-refractivity contribution is -0.385. The van der Waals surface area contributed by atoms with Crippen LogP contribution in [0.1, 0.15) is 11.1 Å². The van der Waals surface area contributed by atoms with Crippen LogP contribution in [-0.2, 0) is 5.75 Å². The number of thioether (sulfide) groups is 1. The second-order valence-corrected chi connectivity index (χ2v) is 5.33. The fourth-order valence-electron chi connectivity index (χ4n) is 1.76. The van der Waals surface area contributed by atoms with E-state index in [0.717, 1.165) is 5.75 Å². The van der Waals surface area contributed by atoms with Gasteiger partial charge in [0.05, 0.1) is 11.0 Å². The molecule has 0 atom stereocenters. The van der Waals surface area contributed by atoms with Gasteiger partial charge in [-0.25, -0.2) is 4.98 Å². The first-order valence-corrected chi connectivity index (χ1v) is 7.09. The van der Waals surface area contributed by atoms with Crippen molar-refractivity contribution in [2.24, 2.45) is 0 Å². The zero-order valence-electron chi connectivity index (χ0n) is 11.3. The minimum Gasteiger partial charge on any atom is -0.373 e. The molecule has 0 aliphatic rings. The molecule has 20 heavy (non-hydrogen) atoms. The van der Waals surface area contributed by atoms with Crippen molar-refractivity contribution < 1.29 is 4.92 Å². The van der Waals surface area contributed by atoms with E-state index in [1.54, 1.807) is 7.05 Å². The largest absolute Gasteiger partial charge is 0.373 e. The number of pyridine rings is 1. The Morgan fingerprint density at radius 1 is 1.35 bits per heavy atom. The molecule has 0 aliphatic heterocycles. The first kappa shape index (κ1) is 14.3. The summed E-state index contributed by atoms with van der Waals surface area (Å²) in [6.45, 7) is 2.04. The minimum absolute atomic E-state index is 0.0519. The van der Waals surface area contributed by atoms with Crippen LogP contribution in [0.5, 0.6) is 0 Å². The Bertz CT molecular complexity index is 632. The van der Waals surface area contributed by atoms with Gasteiger partial charge in [-0.1, -0.05) is 29.8 Å². The van der Waals surface area contributed by atoms with Gasteiger partial charge in [-0.05, 0) is 12.5 Å². The van der Waals surface area contributed by atoms with Gasteiger partial charge in [0.25, 0.3) is 5.69 Å². The highest BCUT2D eigenvalue weighted by atomic mass is 32.2. The fourth-order valence-corrected chi connectivity index (χ4v) is 2.62. The maximum absolute atomic E-state index is 10.9. The lowest BCUT2D eigenvalue weighted by Gasteiger charge is -2.05. The number of nitro groups is 1. The van der Waals surface area contributed by atoms with Crippen molar-refractivity contribution in [2.75, 3.05) is 12.4 Å². The number of anilines is 1. The summed E-state index contributed by atoms with van der Waals surface area (Å²) in [7, 11) is 1.70. The Kier molecular flexibility index (Phi) is 4.57. The molecule has 0 unspecified atom stereocenters. The molecule has 0 amide bonds. The standard InChI is InChI=1S/C14H15N3O2S/c1-10-4-3-5-11(6-10)9-20-14-8-12(17(18)19)7-13(15-2)16-14/h3-8H,9H2,1-2H3,(H,15,16). The van der Waals surface area contributed by atoms with Gasteiger partial charge >= 0.3 is 0 Å². The molecule has 0 saturated carbocycles. The van der Waals surface area contributed by atoms with Crippen LogP contribution in [0.15, 0.2) is 41.4 Å². The van der Waals surface area contributed by atoms with Crippen LogP contribution in [0.3, 0.4) is 0 Å². The van der Waals surface area contributed by atoms with Gasteiger partial charge in [-0.15, -0.1) is 11.8 Å². The maximum atomic E-state index is 10.9. The van der Waals surface area contributed by atoms with Gasteiger partial charge in [0.2, 0.25) is 0 Å². The van der Waals surface area contributed by atoms with Crippen molar-refractivity contribution in [3.05, 3.63) is 57.6 Å². The predicted molar refractivity (Wildman–Crippen MR) is 81.2 cm³/mol. The Morgan fingerprint density at radius 3 is 2.80 bits per heavy atom. The first-order valence-electron chi connectivity index (χ1n) is 6.11. The summed E-state index contributed by atoms with van der Waals surface area (Å²) in [5, 5.41) is 14.4. The number of aryl methyl sites for hydroxylation is 1. The quantitative estimate of drug-likeness (QED) is 0.517. The van der Waals surface area contributed by atoms with Gasteiger partial charge < -0.3 is 5.32 Å². The summed E-state index contributed by atoms with van der Waals surface area (Å²) < 4.78 is 0. The molecule has 1 heterocycles. The second-order valence-electron chi connectivity index (χ2n) is 4.33. The van der Waals surface area contributed by atoms with Crippen LogP contribution in [0.4, 0.5) is 11.5 Å². The van der Waals surface area contributed by atoms with E-state index in [4.69, 9.17) is 0 Å². The molecule has 1 N–H and O–H groups in total. The van der Waals surface area contributed by atoms with E-state index in [2.05, 4.69) is 16.4 Å². The Labute approximate surface area is 121 Å².